The summed E-state index contributed by atoms with van der Waals surface area (Å²) < 4.78 is 2.10. The van der Waals surface area contributed by atoms with Crippen molar-refractivity contribution in [2.75, 3.05) is 11.9 Å². The summed E-state index contributed by atoms with van der Waals surface area (Å²) in [4.78, 5) is 12.6. The van der Waals surface area contributed by atoms with E-state index < -0.39 is 0 Å². The Morgan fingerprint density at radius 1 is 1.24 bits per heavy atom. The largest absolute Gasteiger partial charge is 0.340 e. The summed E-state index contributed by atoms with van der Waals surface area (Å²) in [6, 6.07) is 10.6. The molecule has 1 saturated carbocycles. The van der Waals surface area contributed by atoms with Gasteiger partial charge in [-0.2, -0.15) is 0 Å². The predicted octanol–water partition coefficient (Wildman–Crippen LogP) is 2.72. The number of carbonyl (C=O) groups is 1. The molecule has 4 nitrogen and oxygen atoms in total. The van der Waals surface area contributed by atoms with E-state index in [-0.39, 0.29) is 5.91 Å². The van der Waals surface area contributed by atoms with Gasteiger partial charge in [-0.15, -0.1) is 0 Å². The predicted molar refractivity (Wildman–Crippen MR) is 82.5 cm³/mol. The van der Waals surface area contributed by atoms with Crippen LogP contribution in [0.15, 0.2) is 36.5 Å². The summed E-state index contributed by atoms with van der Waals surface area (Å²) in [7, 11) is 0. The fourth-order valence-electron chi connectivity index (χ4n) is 3.07. The number of fused-ring (bicyclic) bond motifs is 1. The highest BCUT2D eigenvalue weighted by Gasteiger charge is 2.27. The molecule has 4 heteroatoms. The van der Waals surface area contributed by atoms with E-state index >= 15 is 0 Å². The molecule has 2 aliphatic rings. The van der Waals surface area contributed by atoms with Crippen molar-refractivity contribution >= 4 is 11.6 Å². The molecule has 21 heavy (non-hydrogen) atoms. The van der Waals surface area contributed by atoms with E-state index in [9.17, 15) is 4.79 Å². The molecular weight excluding hydrogens is 262 g/mol. The summed E-state index contributed by atoms with van der Waals surface area (Å²) in [5.74, 6) is -0.00845. The van der Waals surface area contributed by atoms with Gasteiger partial charge in [0.15, 0.2) is 0 Å². The first kappa shape index (κ1) is 12.7. The Kier molecular flexibility index (Phi) is 3.04. The number of hydrogen-bond acceptors (Lipinski definition) is 2. The molecule has 0 unspecified atom stereocenters. The minimum atomic E-state index is -0.00845. The van der Waals surface area contributed by atoms with Crippen LogP contribution < -0.4 is 10.6 Å². The first-order chi connectivity index (χ1) is 10.3. The second-order valence-electron chi connectivity index (χ2n) is 5.86. The van der Waals surface area contributed by atoms with Crippen molar-refractivity contribution < 1.29 is 4.79 Å². The van der Waals surface area contributed by atoms with Gasteiger partial charge in [0.25, 0.3) is 5.91 Å². The maximum absolute atomic E-state index is 12.6. The van der Waals surface area contributed by atoms with Gasteiger partial charge in [0.2, 0.25) is 0 Å². The Hall–Kier alpha value is -2.07. The third-order valence-electron chi connectivity index (χ3n) is 4.35. The Bertz CT molecular complexity index is 685. The topological polar surface area (TPSA) is 46.1 Å². The number of anilines is 1. The van der Waals surface area contributed by atoms with Crippen LogP contribution in [0, 0.1) is 0 Å². The highest BCUT2D eigenvalue weighted by atomic mass is 16.1. The molecule has 1 aliphatic carbocycles. The summed E-state index contributed by atoms with van der Waals surface area (Å²) in [5.41, 5.74) is 4.26. The van der Waals surface area contributed by atoms with Crippen LogP contribution in [0.2, 0.25) is 0 Å². The zero-order valence-corrected chi connectivity index (χ0v) is 11.9. The van der Waals surface area contributed by atoms with Crippen LogP contribution >= 0.6 is 0 Å². The monoisotopic (exact) mass is 281 g/mol. The quantitative estimate of drug-likeness (QED) is 0.908. The van der Waals surface area contributed by atoms with E-state index in [1.807, 2.05) is 30.5 Å². The SMILES string of the molecule is O=C(Nc1cccc2c1CNCC2)c1cccn1C1CC1. The van der Waals surface area contributed by atoms with E-state index in [1.54, 1.807) is 0 Å². The van der Waals surface area contributed by atoms with Crippen molar-refractivity contribution in [1.29, 1.82) is 0 Å². The Morgan fingerprint density at radius 2 is 2.14 bits per heavy atom. The smallest absolute Gasteiger partial charge is 0.272 e. The van der Waals surface area contributed by atoms with Crippen LogP contribution in [0.4, 0.5) is 5.69 Å². The van der Waals surface area contributed by atoms with Gasteiger partial charge < -0.3 is 15.2 Å². The number of nitrogens with zero attached hydrogens (tertiary/aromatic N) is 1. The third kappa shape index (κ3) is 2.36. The molecule has 1 amide bonds. The molecule has 0 saturated heterocycles. The number of nitrogens with one attached hydrogen (secondary N) is 2. The molecule has 0 atom stereocenters. The molecule has 4 rings (SSSR count). The molecular formula is C17H19N3O. The van der Waals surface area contributed by atoms with Crippen LogP contribution in [0.1, 0.15) is 40.5 Å². The van der Waals surface area contributed by atoms with Gasteiger partial charge in [-0.05, 0) is 55.1 Å². The average molecular weight is 281 g/mol. The number of rotatable bonds is 3. The standard InChI is InChI=1S/C17H19N3O/c21-17(16-5-2-10-20(16)13-6-7-13)19-15-4-1-3-12-8-9-18-11-14(12)15/h1-5,10,13,18H,6-9,11H2,(H,19,21). The van der Waals surface area contributed by atoms with E-state index in [4.69, 9.17) is 0 Å². The molecule has 0 radical (unpaired) electrons. The molecule has 1 aromatic carbocycles. The number of hydrogen-bond donors (Lipinski definition) is 2. The van der Waals surface area contributed by atoms with Crippen molar-refractivity contribution in [3.8, 4) is 0 Å². The lowest BCUT2D eigenvalue weighted by Crippen LogP contribution is -2.26. The molecule has 1 fully saturated rings. The Balaban J connectivity index is 1.61. The third-order valence-corrected chi connectivity index (χ3v) is 4.35. The summed E-state index contributed by atoms with van der Waals surface area (Å²) in [6.07, 6.45) is 5.39. The second-order valence-corrected chi connectivity index (χ2v) is 5.86. The van der Waals surface area contributed by atoms with Crippen LogP contribution in [-0.2, 0) is 13.0 Å². The van der Waals surface area contributed by atoms with Crippen LogP contribution in [-0.4, -0.2) is 17.0 Å². The van der Waals surface area contributed by atoms with Gasteiger partial charge >= 0.3 is 0 Å². The van der Waals surface area contributed by atoms with Gasteiger partial charge in [-0.25, -0.2) is 0 Å². The number of carbonyl (C=O) groups excluding carboxylic acids is 1. The molecule has 0 spiro atoms. The minimum absolute atomic E-state index is 0.00845. The minimum Gasteiger partial charge on any atom is -0.340 e. The van der Waals surface area contributed by atoms with Gasteiger partial charge in [-0.1, -0.05) is 12.1 Å². The lowest BCUT2D eigenvalue weighted by atomic mass is 9.99. The highest BCUT2D eigenvalue weighted by Crippen LogP contribution is 2.36. The zero-order valence-electron chi connectivity index (χ0n) is 11.9. The average Bonchev–Trinajstić information content (AvgIpc) is 3.24. The Labute approximate surface area is 124 Å². The Morgan fingerprint density at radius 3 is 3.00 bits per heavy atom. The summed E-state index contributed by atoms with van der Waals surface area (Å²) in [5, 5.41) is 6.47. The molecule has 0 bridgehead atoms. The number of amides is 1. The van der Waals surface area contributed by atoms with Crippen molar-refractivity contribution in [1.82, 2.24) is 9.88 Å². The van der Waals surface area contributed by atoms with Crippen LogP contribution in [0.5, 0.6) is 0 Å². The molecule has 1 aromatic heterocycles. The van der Waals surface area contributed by atoms with Crippen molar-refractivity contribution in [3.63, 3.8) is 0 Å². The zero-order chi connectivity index (χ0) is 14.2. The van der Waals surface area contributed by atoms with E-state index in [2.05, 4.69) is 21.3 Å². The van der Waals surface area contributed by atoms with Crippen LogP contribution in [0.3, 0.4) is 0 Å². The van der Waals surface area contributed by atoms with Crippen molar-refractivity contribution in [2.45, 2.75) is 31.8 Å². The molecule has 1 aliphatic heterocycles. The maximum Gasteiger partial charge on any atom is 0.272 e. The molecule has 2 aromatic rings. The fraction of sp³-hybridized carbons (Fsp3) is 0.353. The summed E-state index contributed by atoms with van der Waals surface area (Å²) >= 11 is 0. The molecule has 2 N–H and O–H groups in total. The van der Waals surface area contributed by atoms with Crippen LogP contribution in [0.25, 0.3) is 0 Å². The number of benzene rings is 1. The maximum atomic E-state index is 12.6. The van der Waals surface area contributed by atoms with Gasteiger partial charge in [0, 0.05) is 24.5 Å². The molecule has 108 valence electrons. The number of aromatic nitrogens is 1. The van der Waals surface area contributed by atoms with Gasteiger partial charge in [0.05, 0.1) is 0 Å². The lowest BCUT2D eigenvalue weighted by Gasteiger charge is -2.20. The van der Waals surface area contributed by atoms with Gasteiger partial charge in [-0.3, -0.25) is 4.79 Å². The van der Waals surface area contributed by atoms with E-state index in [0.29, 0.717) is 6.04 Å². The van der Waals surface area contributed by atoms with E-state index in [1.165, 1.54) is 24.0 Å². The van der Waals surface area contributed by atoms with Crippen molar-refractivity contribution in [3.05, 3.63) is 53.3 Å². The fourth-order valence-corrected chi connectivity index (χ4v) is 3.07. The summed E-state index contributed by atoms with van der Waals surface area (Å²) in [6.45, 7) is 1.84. The van der Waals surface area contributed by atoms with Crippen molar-refractivity contribution in [2.24, 2.45) is 0 Å². The first-order valence-electron chi connectivity index (χ1n) is 7.62. The van der Waals surface area contributed by atoms with Gasteiger partial charge in [0.1, 0.15) is 5.69 Å². The first-order valence-corrected chi connectivity index (χ1v) is 7.62. The highest BCUT2D eigenvalue weighted by molar-refractivity contribution is 6.03. The second kappa shape index (κ2) is 5.04. The lowest BCUT2D eigenvalue weighted by molar-refractivity contribution is 0.101. The van der Waals surface area contributed by atoms with E-state index in [0.717, 1.165) is 30.9 Å². The molecule has 2 heterocycles. The normalized spacial score (nSPS) is 17.3.